The Labute approximate surface area is 86.5 Å². The molecule has 0 saturated carbocycles. The average Bonchev–Trinajstić information content (AvgIpc) is 2.23. The number of rotatable bonds is 1. The first-order chi connectivity index (χ1) is 6.77. The molecule has 0 amide bonds. The Morgan fingerprint density at radius 2 is 2.07 bits per heavy atom. The van der Waals surface area contributed by atoms with Crippen molar-refractivity contribution in [2.75, 3.05) is 5.73 Å². The molecule has 0 atom stereocenters. The fourth-order valence-corrected chi connectivity index (χ4v) is 1.40. The highest BCUT2D eigenvalue weighted by Crippen LogP contribution is 2.27. The topological polar surface area (TPSA) is 51.8 Å². The highest BCUT2D eigenvalue weighted by molar-refractivity contribution is 6.33. The number of benzene rings is 1. The first kappa shape index (κ1) is 8.97. The number of nitrogens with two attached hydrogens (primary N) is 1. The Balaban J connectivity index is 2.57. The number of hydrogen-bond acceptors (Lipinski definition) is 3. The number of anilines is 1. The lowest BCUT2D eigenvalue weighted by atomic mass is 10.1. The molecule has 1 aromatic heterocycles. The molecule has 0 aliphatic rings. The summed E-state index contributed by atoms with van der Waals surface area (Å²) in [5, 5.41) is 8.37. The maximum Gasteiger partial charge on any atom is 0.0945 e. The summed E-state index contributed by atoms with van der Waals surface area (Å²) in [5.74, 6) is 0. The van der Waals surface area contributed by atoms with Crippen LogP contribution in [0.15, 0.2) is 36.5 Å². The molecule has 14 heavy (non-hydrogen) atoms. The summed E-state index contributed by atoms with van der Waals surface area (Å²) in [6.45, 7) is 0. The van der Waals surface area contributed by atoms with Gasteiger partial charge in [-0.25, -0.2) is 0 Å². The lowest BCUT2D eigenvalue weighted by Gasteiger charge is -2.03. The molecule has 4 heteroatoms. The summed E-state index contributed by atoms with van der Waals surface area (Å²) < 4.78 is 0. The number of nitrogens with zero attached hydrogens (tertiary/aromatic N) is 2. The van der Waals surface area contributed by atoms with Crippen LogP contribution in [0.25, 0.3) is 11.3 Å². The molecule has 70 valence electrons. The van der Waals surface area contributed by atoms with Crippen LogP contribution in [0, 0.1) is 0 Å². The standard InChI is InChI=1S/C10H8ClN3/c11-9-4-3-7(12)6-8(9)10-2-1-5-13-14-10/h1-6H,12H2. The van der Waals surface area contributed by atoms with Crippen LogP contribution in [-0.2, 0) is 0 Å². The summed E-state index contributed by atoms with van der Waals surface area (Å²) in [6, 6.07) is 8.94. The molecule has 0 bridgehead atoms. The second-order valence-electron chi connectivity index (χ2n) is 2.85. The van der Waals surface area contributed by atoms with E-state index in [-0.39, 0.29) is 0 Å². The Hall–Kier alpha value is -1.61. The van der Waals surface area contributed by atoms with Crippen molar-refractivity contribution in [1.29, 1.82) is 0 Å². The van der Waals surface area contributed by atoms with Crippen LogP contribution >= 0.6 is 11.6 Å². The minimum Gasteiger partial charge on any atom is -0.399 e. The fourth-order valence-electron chi connectivity index (χ4n) is 1.18. The zero-order chi connectivity index (χ0) is 9.97. The summed E-state index contributed by atoms with van der Waals surface area (Å²) in [6.07, 6.45) is 1.61. The van der Waals surface area contributed by atoms with Gasteiger partial charge in [0.05, 0.1) is 10.7 Å². The Bertz CT molecular complexity index is 442. The van der Waals surface area contributed by atoms with Gasteiger partial charge in [-0.05, 0) is 30.3 Å². The Morgan fingerprint density at radius 1 is 1.21 bits per heavy atom. The molecule has 0 aliphatic carbocycles. The molecule has 0 fully saturated rings. The van der Waals surface area contributed by atoms with Gasteiger partial charge in [-0.2, -0.15) is 10.2 Å². The smallest absolute Gasteiger partial charge is 0.0945 e. The van der Waals surface area contributed by atoms with E-state index >= 15 is 0 Å². The normalized spacial score (nSPS) is 10.1. The zero-order valence-electron chi connectivity index (χ0n) is 7.31. The third kappa shape index (κ3) is 1.67. The molecule has 0 spiro atoms. The number of hydrogen-bond donors (Lipinski definition) is 1. The molecule has 0 radical (unpaired) electrons. The van der Waals surface area contributed by atoms with E-state index in [1.807, 2.05) is 12.1 Å². The SMILES string of the molecule is Nc1ccc(Cl)c(-c2cccnn2)c1. The number of halogens is 1. The molecule has 0 aliphatic heterocycles. The van der Waals surface area contributed by atoms with E-state index in [9.17, 15) is 0 Å². The van der Waals surface area contributed by atoms with Crippen molar-refractivity contribution in [3.05, 3.63) is 41.6 Å². The van der Waals surface area contributed by atoms with Gasteiger partial charge in [0.2, 0.25) is 0 Å². The lowest BCUT2D eigenvalue weighted by Crippen LogP contribution is -1.89. The van der Waals surface area contributed by atoms with Crippen molar-refractivity contribution >= 4 is 17.3 Å². The molecule has 3 nitrogen and oxygen atoms in total. The third-order valence-corrected chi connectivity index (χ3v) is 2.17. The summed E-state index contributed by atoms with van der Waals surface area (Å²) >= 11 is 6.01. The van der Waals surface area contributed by atoms with Gasteiger partial charge >= 0.3 is 0 Å². The van der Waals surface area contributed by atoms with E-state index < -0.39 is 0 Å². The van der Waals surface area contributed by atoms with Gasteiger partial charge in [0.15, 0.2) is 0 Å². The number of nitrogen functional groups attached to an aromatic ring is 1. The van der Waals surface area contributed by atoms with E-state index in [2.05, 4.69) is 10.2 Å². The van der Waals surface area contributed by atoms with Crippen molar-refractivity contribution in [1.82, 2.24) is 10.2 Å². The molecular formula is C10H8ClN3. The fraction of sp³-hybridized carbons (Fsp3) is 0. The quantitative estimate of drug-likeness (QED) is 0.728. The van der Waals surface area contributed by atoms with Gasteiger partial charge in [-0.3, -0.25) is 0 Å². The second-order valence-corrected chi connectivity index (χ2v) is 3.26. The molecule has 1 heterocycles. The van der Waals surface area contributed by atoms with Crippen LogP contribution in [0.4, 0.5) is 5.69 Å². The van der Waals surface area contributed by atoms with Gasteiger partial charge < -0.3 is 5.73 Å². The second kappa shape index (κ2) is 3.64. The van der Waals surface area contributed by atoms with Crippen LogP contribution in [-0.4, -0.2) is 10.2 Å². The Morgan fingerprint density at radius 3 is 2.79 bits per heavy atom. The minimum absolute atomic E-state index is 0.625. The largest absolute Gasteiger partial charge is 0.399 e. The molecule has 0 unspecified atom stereocenters. The number of aromatic nitrogens is 2. The molecule has 0 saturated heterocycles. The molecule has 2 N–H and O–H groups in total. The Kier molecular flexibility index (Phi) is 2.33. The van der Waals surface area contributed by atoms with Gasteiger partial charge in [-0.1, -0.05) is 11.6 Å². The van der Waals surface area contributed by atoms with E-state index in [1.54, 1.807) is 24.4 Å². The van der Waals surface area contributed by atoms with Crippen molar-refractivity contribution in [2.24, 2.45) is 0 Å². The molecule has 1 aromatic carbocycles. The van der Waals surface area contributed by atoms with Crippen LogP contribution in [0.1, 0.15) is 0 Å². The average molecular weight is 206 g/mol. The van der Waals surface area contributed by atoms with Crippen LogP contribution in [0.2, 0.25) is 5.02 Å². The van der Waals surface area contributed by atoms with E-state index in [1.165, 1.54) is 0 Å². The van der Waals surface area contributed by atoms with Gasteiger partial charge in [-0.15, -0.1) is 0 Å². The van der Waals surface area contributed by atoms with Crippen molar-refractivity contribution in [2.45, 2.75) is 0 Å². The first-order valence-corrected chi connectivity index (χ1v) is 4.48. The van der Waals surface area contributed by atoms with Crippen LogP contribution in [0.3, 0.4) is 0 Å². The lowest BCUT2D eigenvalue weighted by molar-refractivity contribution is 1.04. The summed E-state index contributed by atoms with van der Waals surface area (Å²) in [5.41, 5.74) is 7.85. The van der Waals surface area contributed by atoms with Gasteiger partial charge in [0.25, 0.3) is 0 Å². The predicted octanol–water partition coefficient (Wildman–Crippen LogP) is 2.38. The monoisotopic (exact) mass is 205 g/mol. The molecule has 2 rings (SSSR count). The van der Waals surface area contributed by atoms with Crippen LogP contribution < -0.4 is 5.73 Å². The third-order valence-electron chi connectivity index (χ3n) is 1.84. The van der Waals surface area contributed by atoms with E-state index in [0.29, 0.717) is 10.7 Å². The molecule has 2 aromatic rings. The minimum atomic E-state index is 0.625. The maximum atomic E-state index is 6.01. The summed E-state index contributed by atoms with van der Waals surface area (Å²) in [7, 11) is 0. The van der Waals surface area contributed by atoms with Crippen molar-refractivity contribution in [3.8, 4) is 11.3 Å². The maximum absolute atomic E-state index is 6.01. The highest BCUT2D eigenvalue weighted by Gasteiger charge is 2.04. The van der Waals surface area contributed by atoms with Crippen molar-refractivity contribution in [3.63, 3.8) is 0 Å². The van der Waals surface area contributed by atoms with Gasteiger partial charge in [0, 0.05) is 17.4 Å². The van der Waals surface area contributed by atoms with E-state index in [0.717, 1.165) is 11.3 Å². The van der Waals surface area contributed by atoms with Gasteiger partial charge in [0.1, 0.15) is 0 Å². The summed E-state index contributed by atoms with van der Waals surface area (Å²) in [4.78, 5) is 0. The highest BCUT2D eigenvalue weighted by atomic mass is 35.5. The van der Waals surface area contributed by atoms with Crippen molar-refractivity contribution < 1.29 is 0 Å². The van der Waals surface area contributed by atoms with Crippen LogP contribution in [0.5, 0.6) is 0 Å². The first-order valence-electron chi connectivity index (χ1n) is 4.10. The molecular weight excluding hydrogens is 198 g/mol. The zero-order valence-corrected chi connectivity index (χ0v) is 8.07. The van der Waals surface area contributed by atoms with E-state index in [4.69, 9.17) is 17.3 Å². The predicted molar refractivity (Wildman–Crippen MR) is 56.9 cm³/mol.